The van der Waals surface area contributed by atoms with Crippen molar-refractivity contribution in [3.05, 3.63) is 77.4 Å². The van der Waals surface area contributed by atoms with Gasteiger partial charge in [-0.3, -0.25) is 14.6 Å². The molecule has 0 unspecified atom stereocenters. The van der Waals surface area contributed by atoms with Crippen molar-refractivity contribution < 1.29 is 14.3 Å². The molecule has 5 heteroatoms. The van der Waals surface area contributed by atoms with E-state index in [-0.39, 0.29) is 23.7 Å². The van der Waals surface area contributed by atoms with Crippen molar-refractivity contribution in [2.45, 2.75) is 32.2 Å². The van der Waals surface area contributed by atoms with Crippen molar-refractivity contribution in [2.75, 3.05) is 13.7 Å². The Kier molecular flexibility index (Phi) is 5.97. The van der Waals surface area contributed by atoms with E-state index in [0.29, 0.717) is 17.7 Å². The molecule has 2 aromatic rings. The number of methoxy groups -OCH3 is 1. The van der Waals surface area contributed by atoms with E-state index in [9.17, 15) is 9.59 Å². The summed E-state index contributed by atoms with van der Waals surface area (Å²) in [6.07, 6.45) is 2.64. The van der Waals surface area contributed by atoms with E-state index >= 15 is 0 Å². The molecule has 3 rings (SSSR count). The average molecular weight is 390 g/mol. The topological polar surface area (TPSA) is 67.8 Å². The van der Waals surface area contributed by atoms with E-state index < -0.39 is 0 Å². The van der Waals surface area contributed by atoms with E-state index in [2.05, 4.69) is 25.7 Å². The third-order valence-electron chi connectivity index (χ3n) is 4.89. The number of hydrogen-bond acceptors (Lipinski definition) is 4. The fourth-order valence-corrected chi connectivity index (χ4v) is 3.50. The van der Waals surface area contributed by atoms with Crippen LogP contribution in [0.25, 0.3) is 0 Å². The number of ether oxygens (including phenoxy) is 1. The van der Waals surface area contributed by atoms with Crippen molar-refractivity contribution in [2.24, 2.45) is 4.99 Å². The molecule has 0 bridgehead atoms. The van der Waals surface area contributed by atoms with Gasteiger partial charge in [0.2, 0.25) is 0 Å². The maximum Gasteiger partial charge on any atom is 0.251 e. The molecule has 1 amide bonds. The first-order valence-corrected chi connectivity index (χ1v) is 9.61. The van der Waals surface area contributed by atoms with E-state index in [1.807, 2.05) is 18.2 Å². The van der Waals surface area contributed by atoms with Crippen LogP contribution in [0.5, 0.6) is 5.75 Å². The summed E-state index contributed by atoms with van der Waals surface area (Å²) in [5, 5.41) is 2.72. The van der Waals surface area contributed by atoms with Crippen LogP contribution in [0.4, 0.5) is 0 Å². The Labute approximate surface area is 171 Å². The number of aliphatic imine (C=N–C) groups is 1. The quantitative estimate of drug-likeness (QED) is 0.574. The highest BCUT2D eigenvalue weighted by atomic mass is 16.5. The molecular formula is C24H26N2O3. The minimum absolute atomic E-state index is 0.0340. The monoisotopic (exact) mass is 390 g/mol. The number of carbonyl (C=O) groups is 2. The lowest BCUT2D eigenvalue weighted by atomic mass is 9.85. The highest BCUT2D eigenvalue weighted by Crippen LogP contribution is 2.31. The summed E-state index contributed by atoms with van der Waals surface area (Å²) in [6, 6.07) is 12.6. The van der Waals surface area contributed by atoms with Crippen molar-refractivity contribution in [3.8, 4) is 5.75 Å². The third kappa shape index (κ3) is 4.80. The lowest BCUT2D eigenvalue weighted by molar-refractivity contribution is 0.0955. The van der Waals surface area contributed by atoms with Gasteiger partial charge in [-0.05, 0) is 50.1 Å². The molecule has 150 valence electrons. The number of amides is 1. The van der Waals surface area contributed by atoms with Crippen LogP contribution in [0.3, 0.4) is 0 Å². The normalized spacial score (nSPS) is 14.4. The molecule has 2 aromatic carbocycles. The Morgan fingerprint density at radius 1 is 1.17 bits per heavy atom. The average Bonchev–Trinajstić information content (AvgIpc) is 2.71. The number of nitrogens with zero attached hydrogens (tertiary/aromatic N) is 1. The zero-order valence-corrected chi connectivity index (χ0v) is 17.1. The fraction of sp³-hybridized carbons (Fsp3) is 0.292. The van der Waals surface area contributed by atoms with Gasteiger partial charge in [-0.2, -0.15) is 0 Å². The van der Waals surface area contributed by atoms with Gasteiger partial charge in [-0.15, -0.1) is 6.58 Å². The van der Waals surface area contributed by atoms with Crippen LogP contribution >= 0.6 is 0 Å². The molecule has 1 aliphatic rings. The molecule has 5 nitrogen and oxygen atoms in total. The summed E-state index contributed by atoms with van der Waals surface area (Å²) in [5.74, 6) is 0.523. The lowest BCUT2D eigenvalue weighted by Gasteiger charge is -2.29. The van der Waals surface area contributed by atoms with Crippen molar-refractivity contribution in [1.82, 2.24) is 5.32 Å². The van der Waals surface area contributed by atoms with E-state index in [0.717, 1.165) is 23.4 Å². The molecular weight excluding hydrogens is 364 g/mol. The van der Waals surface area contributed by atoms with Crippen molar-refractivity contribution in [3.63, 3.8) is 0 Å². The lowest BCUT2D eigenvalue weighted by Crippen LogP contribution is -2.30. The number of hydrogen-bond donors (Lipinski definition) is 1. The third-order valence-corrected chi connectivity index (χ3v) is 4.89. The van der Waals surface area contributed by atoms with Crippen LogP contribution in [0.2, 0.25) is 0 Å². The molecule has 0 aliphatic carbocycles. The molecule has 0 spiro atoms. The van der Waals surface area contributed by atoms with Crippen LogP contribution in [0, 0.1) is 0 Å². The van der Waals surface area contributed by atoms with Gasteiger partial charge in [0.05, 0.1) is 24.8 Å². The molecule has 0 radical (unpaired) electrons. The number of Topliss-reactive ketones (excluding diaryl/α,β-unsaturated/α-hetero) is 1. The summed E-state index contributed by atoms with van der Waals surface area (Å²) < 4.78 is 5.35. The molecule has 1 heterocycles. The van der Waals surface area contributed by atoms with Crippen LogP contribution in [0.15, 0.2) is 60.1 Å². The Bertz CT molecular complexity index is 972. The molecule has 1 N–H and O–H groups in total. The first-order chi connectivity index (χ1) is 13.8. The molecule has 0 aromatic heterocycles. The van der Waals surface area contributed by atoms with Crippen molar-refractivity contribution >= 4 is 17.4 Å². The standard InChI is InChI=1S/C24H26N2O3/c1-5-12-25-23(28)17-8-6-16(7-9-17)22(27)14-21-20-13-19(29-4)11-10-18(20)15-24(2,3)26-21/h5-11,13H,1,12,14-15H2,2-4H3,(H,25,28). The Morgan fingerprint density at radius 2 is 1.86 bits per heavy atom. The van der Waals surface area contributed by atoms with Gasteiger partial charge in [0, 0.05) is 23.2 Å². The minimum Gasteiger partial charge on any atom is -0.497 e. The SMILES string of the molecule is C=CCNC(=O)c1ccc(C(=O)CC2=NC(C)(C)Cc3ccc(OC)cc32)cc1. The molecule has 0 saturated carbocycles. The second kappa shape index (κ2) is 8.43. The summed E-state index contributed by atoms with van der Waals surface area (Å²) >= 11 is 0. The van der Waals surface area contributed by atoms with Gasteiger partial charge in [0.1, 0.15) is 5.75 Å². The molecule has 0 fully saturated rings. The number of nitrogens with one attached hydrogen (secondary N) is 1. The van der Waals surface area contributed by atoms with Gasteiger partial charge in [-0.1, -0.05) is 24.3 Å². The van der Waals surface area contributed by atoms with Gasteiger partial charge in [-0.25, -0.2) is 0 Å². The zero-order chi connectivity index (χ0) is 21.0. The van der Waals surface area contributed by atoms with Gasteiger partial charge in [0.25, 0.3) is 5.91 Å². The predicted molar refractivity (Wildman–Crippen MR) is 115 cm³/mol. The Morgan fingerprint density at radius 3 is 2.52 bits per heavy atom. The van der Waals surface area contributed by atoms with Crippen LogP contribution in [-0.4, -0.2) is 36.6 Å². The smallest absolute Gasteiger partial charge is 0.251 e. The highest BCUT2D eigenvalue weighted by Gasteiger charge is 2.28. The summed E-state index contributed by atoms with van der Waals surface area (Å²) in [4.78, 5) is 29.8. The Balaban J connectivity index is 1.82. The first-order valence-electron chi connectivity index (χ1n) is 9.61. The minimum atomic E-state index is -0.260. The zero-order valence-electron chi connectivity index (χ0n) is 17.1. The number of carbonyl (C=O) groups excluding carboxylic acids is 2. The summed E-state index contributed by atoms with van der Waals surface area (Å²) in [6.45, 7) is 8.12. The fourth-order valence-electron chi connectivity index (χ4n) is 3.50. The number of ketones is 1. The molecule has 29 heavy (non-hydrogen) atoms. The van der Waals surface area contributed by atoms with Crippen molar-refractivity contribution in [1.29, 1.82) is 0 Å². The summed E-state index contributed by atoms with van der Waals surface area (Å²) in [5.41, 5.74) is 3.72. The molecule has 0 atom stereocenters. The number of rotatable bonds is 7. The van der Waals surface area contributed by atoms with Crippen LogP contribution in [0.1, 0.15) is 52.1 Å². The van der Waals surface area contributed by atoms with Crippen LogP contribution in [-0.2, 0) is 6.42 Å². The van der Waals surface area contributed by atoms with E-state index in [1.165, 1.54) is 5.56 Å². The maximum atomic E-state index is 12.9. The Hall–Kier alpha value is -3.21. The van der Waals surface area contributed by atoms with E-state index in [1.54, 1.807) is 37.5 Å². The summed E-state index contributed by atoms with van der Waals surface area (Å²) in [7, 11) is 1.63. The maximum absolute atomic E-state index is 12.9. The van der Waals surface area contributed by atoms with E-state index in [4.69, 9.17) is 9.73 Å². The second-order valence-electron chi connectivity index (χ2n) is 7.75. The molecule has 0 saturated heterocycles. The number of fused-ring (bicyclic) bond motifs is 1. The largest absolute Gasteiger partial charge is 0.497 e. The molecule has 1 aliphatic heterocycles. The van der Waals surface area contributed by atoms with Gasteiger partial charge in [0.15, 0.2) is 5.78 Å². The second-order valence-corrected chi connectivity index (χ2v) is 7.75. The highest BCUT2D eigenvalue weighted by molar-refractivity contribution is 6.17. The number of benzene rings is 2. The van der Waals surface area contributed by atoms with Gasteiger partial charge >= 0.3 is 0 Å². The van der Waals surface area contributed by atoms with Gasteiger partial charge < -0.3 is 10.1 Å². The van der Waals surface area contributed by atoms with Crippen LogP contribution < -0.4 is 10.1 Å². The predicted octanol–water partition coefficient (Wildman–Crippen LogP) is 4.01. The first kappa shape index (κ1) is 20.5.